The Balaban J connectivity index is 1.35. The molecular formula is C20H29N3O3. The van der Waals surface area contributed by atoms with Gasteiger partial charge in [0.05, 0.1) is 19.8 Å². The number of carbonyl (C=O) groups excluding carboxylic acids is 1. The molecule has 3 heterocycles. The van der Waals surface area contributed by atoms with E-state index in [9.17, 15) is 9.90 Å². The molecule has 0 aliphatic carbocycles. The van der Waals surface area contributed by atoms with Gasteiger partial charge in [-0.25, -0.2) is 0 Å². The molecule has 26 heavy (non-hydrogen) atoms. The van der Waals surface area contributed by atoms with Crippen molar-refractivity contribution in [3.8, 4) is 0 Å². The number of aliphatic hydroxyl groups excluding tert-OH is 1. The quantitative estimate of drug-likeness (QED) is 0.827. The van der Waals surface area contributed by atoms with Crippen molar-refractivity contribution in [2.45, 2.75) is 6.42 Å². The van der Waals surface area contributed by atoms with Gasteiger partial charge < -0.3 is 19.6 Å². The molecule has 3 aliphatic heterocycles. The summed E-state index contributed by atoms with van der Waals surface area (Å²) in [4.78, 5) is 19.4. The average Bonchev–Trinajstić information content (AvgIpc) is 3.27. The standard InChI is InChI=1S/C20H29N3O3/c24-15-18-13-23(12-17(18)11-21-7-9-26-10-8-21)20(25)14-22-6-5-16-3-1-2-4-19(16)22/h1-4,17-18,24H,5-15H2/t17-,18-/m1/s1. The summed E-state index contributed by atoms with van der Waals surface area (Å²) < 4.78 is 5.42. The van der Waals surface area contributed by atoms with Gasteiger partial charge in [-0.05, 0) is 24.0 Å². The average molecular weight is 359 g/mol. The second kappa shape index (κ2) is 7.94. The van der Waals surface area contributed by atoms with Crippen molar-refractivity contribution in [2.24, 2.45) is 11.8 Å². The second-order valence-electron chi connectivity index (χ2n) is 7.71. The Bertz CT molecular complexity index is 632. The number of aliphatic hydroxyl groups is 1. The summed E-state index contributed by atoms with van der Waals surface area (Å²) in [6.45, 7) is 7.38. The first-order valence-corrected chi connectivity index (χ1v) is 9.76. The molecule has 0 spiro atoms. The Morgan fingerprint density at radius 2 is 1.88 bits per heavy atom. The number of amides is 1. The van der Waals surface area contributed by atoms with Gasteiger partial charge in [0.15, 0.2) is 0 Å². The summed E-state index contributed by atoms with van der Waals surface area (Å²) in [6.07, 6.45) is 1.02. The Kier molecular flexibility index (Phi) is 5.43. The van der Waals surface area contributed by atoms with Crippen molar-refractivity contribution in [1.82, 2.24) is 9.80 Å². The normalized spacial score (nSPS) is 26.3. The monoisotopic (exact) mass is 359 g/mol. The summed E-state index contributed by atoms with van der Waals surface area (Å²) in [5.41, 5.74) is 2.53. The number of fused-ring (bicyclic) bond motifs is 1. The summed E-state index contributed by atoms with van der Waals surface area (Å²) in [7, 11) is 0. The number of benzene rings is 1. The molecule has 0 radical (unpaired) electrons. The van der Waals surface area contributed by atoms with Gasteiger partial charge in [-0.3, -0.25) is 9.69 Å². The molecule has 0 saturated carbocycles. The highest BCUT2D eigenvalue weighted by molar-refractivity contribution is 5.82. The van der Waals surface area contributed by atoms with Crippen molar-refractivity contribution in [1.29, 1.82) is 0 Å². The van der Waals surface area contributed by atoms with Crippen LogP contribution in [0.15, 0.2) is 24.3 Å². The lowest BCUT2D eigenvalue weighted by molar-refractivity contribution is -0.129. The van der Waals surface area contributed by atoms with E-state index in [1.165, 1.54) is 11.3 Å². The van der Waals surface area contributed by atoms with Gasteiger partial charge in [0.25, 0.3) is 0 Å². The Hall–Kier alpha value is -1.63. The lowest BCUT2D eigenvalue weighted by Gasteiger charge is -2.30. The van der Waals surface area contributed by atoms with Crippen LogP contribution < -0.4 is 4.90 Å². The molecule has 2 saturated heterocycles. The van der Waals surface area contributed by atoms with Gasteiger partial charge in [-0.2, -0.15) is 0 Å². The lowest BCUT2D eigenvalue weighted by atomic mass is 9.96. The van der Waals surface area contributed by atoms with E-state index >= 15 is 0 Å². The van der Waals surface area contributed by atoms with Gasteiger partial charge in [0.1, 0.15) is 0 Å². The molecule has 2 fully saturated rings. The second-order valence-corrected chi connectivity index (χ2v) is 7.71. The number of anilines is 1. The molecule has 142 valence electrons. The van der Waals surface area contributed by atoms with E-state index in [4.69, 9.17) is 4.74 Å². The largest absolute Gasteiger partial charge is 0.396 e. The van der Waals surface area contributed by atoms with Crippen LogP contribution in [0.2, 0.25) is 0 Å². The van der Waals surface area contributed by atoms with Crippen LogP contribution in [0.4, 0.5) is 5.69 Å². The maximum atomic E-state index is 12.9. The smallest absolute Gasteiger partial charge is 0.242 e. The van der Waals surface area contributed by atoms with Gasteiger partial charge in [0, 0.05) is 57.5 Å². The van der Waals surface area contributed by atoms with E-state index in [0.29, 0.717) is 19.0 Å². The summed E-state index contributed by atoms with van der Waals surface area (Å²) in [6, 6.07) is 8.36. The Morgan fingerprint density at radius 1 is 1.12 bits per heavy atom. The Labute approximate surface area is 155 Å². The zero-order chi connectivity index (χ0) is 17.9. The highest BCUT2D eigenvalue weighted by Crippen LogP contribution is 2.29. The number of morpholine rings is 1. The van der Waals surface area contributed by atoms with Crippen LogP contribution in [0.25, 0.3) is 0 Å². The fourth-order valence-corrected chi connectivity index (χ4v) is 4.51. The molecule has 1 aromatic rings. The summed E-state index contributed by atoms with van der Waals surface area (Å²) >= 11 is 0. The first-order chi connectivity index (χ1) is 12.7. The Morgan fingerprint density at radius 3 is 2.69 bits per heavy atom. The molecule has 1 aromatic carbocycles. The first kappa shape index (κ1) is 17.8. The van der Waals surface area contributed by atoms with Gasteiger partial charge >= 0.3 is 0 Å². The predicted octanol–water partition coefficient (Wildman–Crippen LogP) is 0.448. The van der Waals surface area contributed by atoms with E-state index in [0.717, 1.165) is 52.4 Å². The number of hydrogen-bond donors (Lipinski definition) is 1. The van der Waals surface area contributed by atoms with Crippen molar-refractivity contribution < 1.29 is 14.6 Å². The van der Waals surface area contributed by atoms with Gasteiger partial charge in [0.2, 0.25) is 5.91 Å². The molecule has 0 aromatic heterocycles. The minimum Gasteiger partial charge on any atom is -0.396 e. The molecule has 6 heteroatoms. The molecule has 0 bridgehead atoms. The molecular weight excluding hydrogens is 330 g/mol. The third-order valence-electron chi connectivity index (χ3n) is 6.07. The first-order valence-electron chi connectivity index (χ1n) is 9.76. The SMILES string of the molecule is O=C(CN1CCc2ccccc21)N1C[C@@H](CN2CCOCC2)[C@@H](CO)C1. The maximum absolute atomic E-state index is 12.9. The van der Waals surface area contributed by atoms with Crippen LogP contribution in [-0.4, -0.2) is 86.4 Å². The van der Waals surface area contributed by atoms with E-state index in [-0.39, 0.29) is 18.4 Å². The van der Waals surface area contributed by atoms with Crippen LogP contribution in [0.5, 0.6) is 0 Å². The van der Waals surface area contributed by atoms with Crippen LogP contribution in [-0.2, 0) is 16.0 Å². The molecule has 0 unspecified atom stereocenters. The van der Waals surface area contributed by atoms with Crippen molar-refractivity contribution in [2.75, 3.05) is 70.5 Å². The highest BCUT2D eigenvalue weighted by atomic mass is 16.5. The molecule has 2 atom stereocenters. The molecule has 6 nitrogen and oxygen atoms in total. The third-order valence-corrected chi connectivity index (χ3v) is 6.07. The maximum Gasteiger partial charge on any atom is 0.242 e. The fourth-order valence-electron chi connectivity index (χ4n) is 4.51. The van der Waals surface area contributed by atoms with E-state index in [1.54, 1.807) is 0 Å². The minimum absolute atomic E-state index is 0.158. The van der Waals surface area contributed by atoms with Crippen LogP contribution in [0, 0.1) is 11.8 Å². The number of likely N-dealkylation sites (tertiary alicyclic amines) is 1. The van der Waals surface area contributed by atoms with E-state index in [1.807, 2.05) is 11.0 Å². The van der Waals surface area contributed by atoms with Gasteiger partial charge in [-0.1, -0.05) is 18.2 Å². The number of hydrogen-bond acceptors (Lipinski definition) is 5. The lowest BCUT2D eigenvalue weighted by Crippen LogP contribution is -2.42. The number of nitrogens with zero attached hydrogens (tertiary/aromatic N) is 3. The third kappa shape index (κ3) is 3.72. The van der Waals surface area contributed by atoms with Crippen LogP contribution in [0.3, 0.4) is 0 Å². The number of ether oxygens (including phenoxy) is 1. The van der Waals surface area contributed by atoms with Crippen molar-refractivity contribution in [3.05, 3.63) is 29.8 Å². The van der Waals surface area contributed by atoms with Gasteiger partial charge in [-0.15, -0.1) is 0 Å². The number of para-hydroxylation sites is 1. The topological polar surface area (TPSA) is 56.3 Å². The predicted molar refractivity (Wildman–Crippen MR) is 100 cm³/mol. The zero-order valence-corrected chi connectivity index (χ0v) is 15.3. The number of carbonyl (C=O) groups is 1. The molecule has 3 aliphatic rings. The molecule has 1 N–H and O–H groups in total. The summed E-state index contributed by atoms with van der Waals surface area (Å²) in [5.74, 6) is 0.727. The summed E-state index contributed by atoms with van der Waals surface area (Å²) in [5, 5.41) is 9.79. The number of rotatable bonds is 5. The van der Waals surface area contributed by atoms with Crippen LogP contribution in [0.1, 0.15) is 5.56 Å². The van der Waals surface area contributed by atoms with Crippen LogP contribution >= 0.6 is 0 Å². The van der Waals surface area contributed by atoms with E-state index in [2.05, 4.69) is 28.0 Å². The zero-order valence-electron chi connectivity index (χ0n) is 15.3. The molecule has 1 amide bonds. The minimum atomic E-state index is 0.158. The highest BCUT2D eigenvalue weighted by Gasteiger charge is 2.36. The van der Waals surface area contributed by atoms with Crippen molar-refractivity contribution in [3.63, 3.8) is 0 Å². The fraction of sp³-hybridized carbons (Fsp3) is 0.650. The van der Waals surface area contributed by atoms with E-state index < -0.39 is 0 Å². The van der Waals surface area contributed by atoms with Crippen molar-refractivity contribution >= 4 is 11.6 Å². The molecule has 4 rings (SSSR count).